The lowest BCUT2D eigenvalue weighted by Gasteiger charge is -2.31. The maximum absolute atomic E-state index is 12.2. The molecule has 5 heteroatoms. The first-order chi connectivity index (χ1) is 9.04. The Morgan fingerprint density at radius 2 is 2.00 bits per heavy atom. The van der Waals surface area contributed by atoms with Crippen molar-refractivity contribution in [3.8, 4) is 0 Å². The molecule has 2 atom stereocenters. The second-order valence-electron chi connectivity index (χ2n) is 4.71. The molecule has 0 radical (unpaired) electrons. The molecule has 1 aromatic carbocycles. The monoisotopic (exact) mass is 280 g/mol. The van der Waals surface area contributed by atoms with Gasteiger partial charge in [-0.3, -0.25) is 4.79 Å². The van der Waals surface area contributed by atoms with E-state index in [-0.39, 0.29) is 17.7 Å². The number of hydrazone groups is 1. The third kappa shape index (κ3) is 2.73. The topological polar surface area (TPSA) is 41.9 Å². The Morgan fingerprint density at radius 1 is 1.32 bits per heavy atom. The first kappa shape index (κ1) is 13.9. The third-order valence-electron chi connectivity index (χ3n) is 3.49. The summed E-state index contributed by atoms with van der Waals surface area (Å²) in [6, 6.07) is 7.44. The van der Waals surface area contributed by atoms with E-state index < -0.39 is 0 Å². The summed E-state index contributed by atoms with van der Waals surface area (Å²) in [5.41, 5.74) is 0.874. The van der Waals surface area contributed by atoms with Crippen molar-refractivity contribution >= 4 is 23.4 Å². The fraction of sp³-hybridized carbons (Fsp3) is 0.429. The molecule has 4 nitrogen and oxygen atoms in total. The quantitative estimate of drug-likeness (QED) is 0.836. The van der Waals surface area contributed by atoms with Gasteiger partial charge in [-0.25, -0.2) is 5.01 Å². The lowest BCUT2D eigenvalue weighted by Crippen LogP contribution is -2.42. The molecule has 0 spiro atoms. The van der Waals surface area contributed by atoms with Crippen LogP contribution >= 0.6 is 11.6 Å². The predicted molar refractivity (Wildman–Crippen MR) is 74.8 cm³/mol. The average molecular weight is 281 g/mol. The van der Waals surface area contributed by atoms with E-state index in [1.807, 2.05) is 32.0 Å². The van der Waals surface area contributed by atoms with Crippen LogP contribution in [-0.4, -0.2) is 23.9 Å². The number of rotatable bonds is 2. The molecule has 102 valence electrons. The van der Waals surface area contributed by atoms with Crippen LogP contribution < -0.4 is 0 Å². The van der Waals surface area contributed by atoms with E-state index in [4.69, 9.17) is 16.3 Å². The minimum absolute atomic E-state index is 0.00000436. The predicted octanol–water partition coefficient (Wildman–Crippen LogP) is 2.91. The SMILES string of the molecule is COC1=NN(Cc2ccccc2Cl)C(=O)C(C)C1C. The second kappa shape index (κ2) is 5.61. The van der Waals surface area contributed by atoms with E-state index in [9.17, 15) is 4.79 Å². The first-order valence-electron chi connectivity index (χ1n) is 6.22. The van der Waals surface area contributed by atoms with Gasteiger partial charge in [-0.05, 0) is 11.6 Å². The number of nitrogens with zero attached hydrogens (tertiary/aromatic N) is 2. The van der Waals surface area contributed by atoms with E-state index in [2.05, 4.69) is 5.10 Å². The molecule has 19 heavy (non-hydrogen) atoms. The third-order valence-corrected chi connectivity index (χ3v) is 3.86. The summed E-state index contributed by atoms with van der Waals surface area (Å²) in [5, 5.41) is 6.34. The van der Waals surface area contributed by atoms with Crippen molar-refractivity contribution in [3.05, 3.63) is 34.9 Å². The Labute approximate surface area is 118 Å². The van der Waals surface area contributed by atoms with Gasteiger partial charge in [0.15, 0.2) is 0 Å². The molecule has 1 aliphatic rings. The van der Waals surface area contributed by atoms with Crippen LogP contribution in [0.4, 0.5) is 0 Å². The molecule has 0 aliphatic carbocycles. The summed E-state index contributed by atoms with van der Waals surface area (Å²) in [6.45, 7) is 4.19. The van der Waals surface area contributed by atoms with E-state index in [0.717, 1.165) is 5.56 Å². The lowest BCUT2D eigenvalue weighted by molar-refractivity contribution is -0.138. The van der Waals surface area contributed by atoms with E-state index >= 15 is 0 Å². The van der Waals surface area contributed by atoms with Crippen LogP contribution in [0.25, 0.3) is 0 Å². The Bertz CT molecular complexity index is 516. The molecular formula is C14H17ClN2O2. The largest absolute Gasteiger partial charge is 0.483 e. The van der Waals surface area contributed by atoms with Crippen molar-refractivity contribution in [3.63, 3.8) is 0 Å². The maximum Gasteiger partial charge on any atom is 0.246 e. The Balaban J connectivity index is 2.27. The van der Waals surface area contributed by atoms with Crippen molar-refractivity contribution in [1.82, 2.24) is 5.01 Å². The highest BCUT2D eigenvalue weighted by Gasteiger charge is 2.34. The number of amides is 1. The molecule has 0 bridgehead atoms. The molecule has 1 aromatic rings. The molecule has 0 saturated heterocycles. The molecule has 1 heterocycles. The van der Waals surface area contributed by atoms with Gasteiger partial charge in [-0.2, -0.15) is 0 Å². The number of hydrogen-bond donors (Lipinski definition) is 0. The van der Waals surface area contributed by atoms with E-state index in [0.29, 0.717) is 17.5 Å². The van der Waals surface area contributed by atoms with Crippen LogP contribution in [-0.2, 0) is 16.1 Å². The number of methoxy groups -OCH3 is 1. The minimum atomic E-state index is -0.144. The summed E-state index contributed by atoms with van der Waals surface area (Å²) in [7, 11) is 1.57. The zero-order valence-corrected chi connectivity index (χ0v) is 12.0. The highest BCUT2D eigenvalue weighted by Crippen LogP contribution is 2.25. The van der Waals surface area contributed by atoms with E-state index in [1.165, 1.54) is 5.01 Å². The molecule has 0 aromatic heterocycles. The van der Waals surface area contributed by atoms with Gasteiger partial charge >= 0.3 is 0 Å². The number of ether oxygens (including phenoxy) is 1. The van der Waals surface area contributed by atoms with Gasteiger partial charge in [0.2, 0.25) is 11.8 Å². The number of carbonyl (C=O) groups excluding carboxylic acids is 1. The van der Waals surface area contributed by atoms with Crippen LogP contribution in [0.3, 0.4) is 0 Å². The number of hydrogen-bond acceptors (Lipinski definition) is 3. The molecule has 1 amide bonds. The van der Waals surface area contributed by atoms with Crippen LogP contribution in [0.1, 0.15) is 19.4 Å². The normalized spacial score (nSPS) is 23.3. The second-order valence-corrected chi connectivity index (χ2v) is 5.11. The number of carbonyl (C=O) groups is 1. The molecule has 0 N–H and O–H groups in total. The highest BCUT2D eigenvalue weighted by atomic mass is 35.5. The van der Waals surface area contributed by atoms with Crippen LogP contribution in [0, 0.1) is 11.8 Å². The molecular weight excluding hydrogens is 264 g/mol. The minimum Gasteiger partial charge on any atom is -0.483 e. The summed E-state index contributed by atoms with van der Waals surface area (Å²) < 4.78 is 5.24. The van der Waals surface area contributed by atoms with E-state index in [1.54, 1.807) is 13.2 Å². The average Bonchev–Trinajstić information content (AvgIpc) is 2.41. The van der Waals surface area contributed by atoms with Gasteiger partial charge in [0.25, 0.3) is 0 Å². The van der Waals surface area contributed by atoms with Crippen molar-refractivity contribution in [2.24, 2.45) is 16.9 Å². The summed E-state index contributed by atoms with van der Waals surface area (Å²) in [4.78, 5) is 12.2. The van der Waals surface area contributed by atoms with Gasteiger partial charge in [0, 0.05) is 16.9 Å². The standard InChI is InChI=1S/C14H17ClN2O2/c1-9-10(2)14(18)17(16-13(9)19-3)8-11-6-4-5-7-12(11)15/h4-7,9-10H,8H2,1-3H3. The Kier molecular flexibility index (Phi) is 4.10. The molecule has 1 aliphatic heterocycles. The van der Waals surface area contributed by atoms with Gasteiger partial charge in [-0.1, -0.05) is 43.6 Å². The van der Waals surface area contributed by atoms with Gasteiger partial charge < -0.3 is 4.74 Å². The lowest BCUT2D eigenvalue weighted by atomic mass is 9.93. The van der Waals surface area contributed by atoms with Gasteiger partial charge in [0.05, 0.1) is 13.7 Å². The molecule has 2 rings (SSSR count). The van der Waals surface area contributed by atoms with Crippen LogP contribution in [0.5, 0.6) is 0 Å². The summed E-state index contributed by atoms with van der Waals surface area (Å²) >= 11 is 6.11. The molecule has 2 unspecified atom stereocenters. The number of benzene rings is 1. The van der Waals surface area contributed by atoms with Crippen LogP contribution in [0.2, 0.25) is 5.02 Å². The van der Waals surface area contributed by atoms with Crippen molar-refractivity contribution in [2.45, 2.75) is 20.4 Å². The number of halogens is 1. The summed E-state index contributed by atoms with van der Waals surface area (Å²) in [5.74, 6) is 0.433. The van der Waals surface area contributed by atoms with Crippen molar-refractivity contribution in [2.75, 3.05) is 7.11 Å². The van der Waals surface area contributed by atoms with Gasteiger partial charge in [0.1, 0.15) is 0 Å². The Morgan fingerprint density at radius 3 is 2.63 bits per heavy atom. The first-order valence-corrected chi connectivity index (χ1v) is 6.59. The fourth-order valence-electron chi connectivity index (χ4n) is 2.05. The zero-order valence-electron chi connectivity index (χ0n) is 11.3. The van der Waals surface area contributed by atoms with Crippen LogP contribution in [0.15, 0.2) is 29.4 Å². The Hall–Kier alpha value is -1.55. The molecule has 0 saturated carbocycles. The fourth-order valence-corrected chi connectivity index (χ4v) is 2.25. The zero-order chi connectivity index (χ0) is 14.0. The smallest absolute Gasteiger partial charge is 0.246 e. The highest BCUT2D eigenvalue weighted by molar-refractivity contribution is 6.31. The summed E-state index contributed by atoms with van der Waals surface area (Å²) in [6.07, 6.45) is 0. The van der Waals surface area contributed by atoms with Gasteiger partial charge in [-0.15, -0.1) is 5.10 Å². The maximum atomic E-state index is 12.2. The van der Waals surface area contributed by atoms with Crippen molar-refractivity contribution in [1.29, 1.82) is 0 Å². The van der Waals surface area contributed by atoms with Crippen molar-refractivity contribution < 1.29 is 9.53 Å². The molecule has 0 fully saturated rings.